The summed E-state index contributed by atoms with van der Waals surface area (Å²) in [6.45, 7) is 0.801. The first-order valence-electron chi connectivity index (χ1n) is 9.95. The molecule has 0 bridgehead atoms. The van der Waals surface area contributed by atoms with Crippen molar-refractivity contribution in [1.82, 2.24) is 4.90 Å². The number of benzene rings is 2. The van der Waals surface area contributed by atoms with Crippen LogP contribution in [0.1, 0.15) is 31.2 Å². The number of hydrogen-bond donors (Lipinski definition) is 1. The minimum absolute atomic E-state index is 0.0647. The molecule has 0 aromatic heterocycles. The number of amidine groups is 1. The molecule has 1 fully saturated rings. The second-order valence-corrected chi connectivity index (χ2v) is 8.92. The highest BCUT2D eigenvalue weighted by Gasteiger charge is 2.19. The summed E-state index contributed by atoms with van der Waals surface area (Å²) in [6.07, 6.45) is 3.85. The van der Waals surface area contributed by atoms with Crippen molar-refractivity contribution in [3.63, 3.8) is 0 Å². The van der Waals surface area contributed by atoms with Crippen LogP contribution in [0.3, 0.4) is 0 Å². The normalized spacial score (nSPS) is 16.2. The van der Waals surface area contributed by atoms with Gasteiger partial charge in [0.15, 0.2) is 0 Å². The lowest BCUT2D eigenvalue weighted by molar-refractivity contribution is -0.115. The van der Waals surface area contributed by atoms with Gasteiger partial charge in [0.2, 0.25) is 5.91 Å². The molecule has 3 rings (SSSR count). The first-order valence-corrected chi connectivity index (χ1v) is 11.4. The molecule has 160 valence electrons. The average Bonchev–Trinajstić information content (AvgIpc) is 2.92. The van der Waals surface area contributed by atoms with Gasteiger partial charge in [0.1, 0.15) is 11.6 Å². The van der Waals surface area contributed by atoms with Gasteiger partial charge in [0.05, 0.1) is 18.4 Å². The lowest BCUT2D eigenvalue weighted by Crippen LogP contribution is -2.26. The lowest BCUT2D eigenvalue weighted by Gasteiger charge is -2.17. The largest absolute Gasteiger partial charge is 0.497 e. The van der Waals surface area contributed by atoms with Gasteiger partial charge in [-0.3, -0.25) is 4.79 Å². The maximum absolute atomic E-state index is 12.8. The summed E-state index contributed by atoms with van der Waals surface area (Å²) < 4.78 is 34.8. The van der Waals surface area contributed by atoms with Gasteiger partial charge in [-0.2, -0.15) is 8.42 Å². The minimum Gasteiger partial charge on any atom is -0.497 e. The Hall–Kier alpha value is -2.87. The molecular formula is C22H27N3O4S. The second kappa shape index (κ2) is 9.75. The zero-order valence-electron chi connectivity index (χ0n) is 17.3. The number of hydrogen-bond acceptors (Lipinski definition) is 4. The molecule has 1 amide bonds. The van der Waals surface area contributed by atoms with E-state index in [-0.39, 0.29) is 17.2 Å². The summed E-state index contributed by atoms with van der Waals surface area (Å²) in [6, 6.07) is 13.4. The zero-order chi connectivity index (χ0) is 21.6. The monoisotopic (exact) mass is 429 g/mol. The maximum Gasteiger partial charge on any atom is 0.284 e. The van der Waals surface area contributed by atoms with Crippen molar-refractivity contribution in [2.45, 2.75) is 37.0 Å². The number of nitrogens with zero attached hydrogens (tertiary/aromatic N) is 2. The van der Waals surface area contributed by atoms with Gasteiger partial charge in [-0.15, -0.1) is 4.40 Å². The topological polar surface area (TPSA) is 88.1 Å². The number of ether oxygens (including phenoxy) is 1. The van der Waals surface area contributed by atoms with Crippen LogP contribution in [0.5, 0.6) is 5.75 Å². The highest BCUT2D eigenvalue weighted by atomic mass is 32.2. The number of rotatable bonds is 6. The molecule has 0 aliphatic carbocycles. The number of anilines is 1. The first-order chi connectivity index (χ1) is 14.4. The van der Waals surface area contributed by atoms with Crippen LogP contribution in [-0.2, 0) is 21.2 Å². The molecule has 1 aliphatic rings. The molecule has 0 unspecified atom stereocenters. The summed E-state index contributed by atoms with van der Waals surface area (Å²) >= 11 is 0. The third-order valence-corrected chi connectivity index (χ3v) is 6.30. The number of amides is 1. The molecule has 30 heavy (non-hydrogen) atoms. The molecule has 1 saturated heterocycles. The van der Waals surface area contributed by atoms with E-state index in [4.69, 9.17) is 4.74 Å². The van der Waals surface area contributed by atoms with Gasteiger partial charge in [-0.25, -0.2) is 0 Å². The van der Waals surface area contributed by atoms with E-state index in [9.17, 15) is 13.2 Å². The van der Waals surface area contributed by atoms with Crippen molar-refractivity contribution < 1.29 is 17.9 Å². The Kier molecular flexibility index (Phi) is 7.10. The highest BCUT2D eigenvalue weighted by Crippen LogP contribution is 2.20. The Bertz CT molecular complexity index is 1020. The maximum atomic E-state index is 12.8. The molecule has 0 spiro atoms. The summed E-state index contributed by atoms with van der Waals surface area (Å²) in [4.78, 5) is 14.3. The van der Waals surface area contributed by atoms with Crippen LogP contribution in [0.25, 0.3) is 0 Å². The van der Waals surface area contributed by atoms with Gasteiger partial charge < -0.3 is 15.0 Å². The Morgan fingerprint density at radius 3 is 2.63 bits per heavy atom. The molecule has 1 N–H and O–H groups in total. The van der Waals surface area contributed by atoms with E-state index in [1.165, 1.54) is 12.1 Å². The van der Waals surface area contributed by atoms with Gasteiger partial charge in [0, 0.05) is 25.7 Å². The summed E-state index contributed by atoms with van der Waals surface area (Å²) in [5, 5.41) is 2.76. The predicted octanol–water partition coefficient (Wildman–Crippen LogP) is 3.47. The smallest absolute Gasteiger partial charge is 0.284 e. The minimum atomic E-state index is -3.85. The van der Waals surface area contributed by atoms with E-state index < -0.39 is 10.0 Å². The molecular weight excluding hydrogens is 402 g/mol. The molecule has 8 heteroatoms. The molecule has 1 aliphatic heterocycles. The number of likely N-dealkylation sites (tertiary alicyclic amines) is 1. The number of methoxy groups -OCH3 is 1. The third-order valence-electron chi connectivity index (χ3n) is 5.00. The van der Waals surface area contributed by atoms with E-state index >= 15 is 0 Å². The number of sulfonamides is 1. The van der Waals surface area contributed by atoms with Gasteiger partial charge in [-0.1, -0.05) is 24.6 Å². The summed E-state index contributed by atoms with van der Waals surface area (Å²) in [5.41, 5.74) is 1.25. The Morgan fingerprint density at radius 1 is 1.13 bits per heavy atom. The Labute approximate surface area is 177 Å². The molecule has 0 saturated carbocycles. The fourth-order valence-corrected chi connectivity index (χ4v) is 4.44. The zero-order valence-corrected chi connectivity index (χ0v) is 18.1. The van der Waals surface area contributed by atoms with Crippen molar-refractivity contribution in [3.05, 3.63) is 54.1 Å². The van der Waals surface area contributed by atoms with Crippen molar-refractivity contribution in [2.24, 2.45) is 4.40 Å². The number of carbonyl (C=O) groups is 1. The SMILES string of the molecule is COc1ccc(CC(=O)Nc2cccc(S(=O)(=O)N=C3CCCCCN3C)c2)cc1. The van der Waals surface area contributed by atoms with Crippen molar-refractivity contribution in [1.29, 1.82) is 0 Å². The second-order valence-electron chi connectivity index (χ2n) is 7.32. The molecule has 2 aromatic carbocycles. The number of nitrogens with one attached hydrogen (secondary N) is 1. The molecule has 7 nitrogen and oxygen atoms in total. The van der Waals surface area contributed by atoms with E-state index in [1.807, 2.05) is 24.1 Å². The standard InChI is InChI=1S/C22H27N3O4S/c1-25-14-5-3-4-9-21(25)24-30(27,28)20-8-6-7-18(16-20)23-22(26)15-17-10-12-19(29-2)13-11-17/h6-8,10-13,16H,3-5,9,14-15H2,1-2H3,(H,23,26). The van der Waals surface area contributed by atoms with Gasteiger partial charge >= 0.3 is 0 Å². The Morgan fingerprint density at radius 2 is 1.90 bits per heavy atom. The Balaban J connectivity index is 1.72. The van der Waals surface area contributed by atoms with Crippen molar-refractivity contribution in [3.8, 4) is 5.75 Å². The highest BCUT2D eigenvalue weighted by molar-refractivity contribution is 7.90. The molecule has 0 atom stereocenters. The molecule has 1 heterocycles. The van der Waals surface area contributed by atoms with E-state index in [1.54, 1.807) is 31.4 Å². The molecule has 2 aromatic rings. The van der Waals surface area contributed by atoms with E-state index in [0.29, 0.717) is 17.9 Å². The van der Waals surface area contributed by atoms with Crippen LogP contribution < -0.4 is 10.1 Å². The van der Waals surface area contributed by atoms with E-state index in [2.05, 4.69) is 9.71 Å². The lowest BCUT2D eigenvalue weighted by atomic mass is 10.1. The molecule has 0 radical (unpaired) electrons. The van der Waals surface area contributed by atoms with Crippen LogP contribution >= 0.6 is 0 Å². The first kappa shape index (κ1) is 21.8. The van der Waals surface area contributed by atoms with Crippen LogP contribution in [0.2, 0.25) is 0 Å². The fourth-order valence-electron chi connectivity index (χ4n) is 3.30. The van der Waals surface area contributed by atoms with E-state index in [0.717, 1.165) is 37.1 Å². The fraction of sp³-hybridized carbons (Fsp3) is 0.364. The summed E-state index contributed by atoms with van der Waals surface area (Å²) in [7, 11) is -0.398. The van der Waals surface area contributed by atoms with Crippen LogP contribution in [-0.4, -0.2) is 45.8 Å². The van der Waals surface area contributed by atoms with Crippen LogP contribution in [0.4, 0.5) is 5.69 Å². The van der Waals surface area contributed by atoms with Gasteiger partial charge in [-0.05, 0) is 48.7 Å². The van der Waals surface area contributed by atoms with Crippen LogP contribution in [0, 0.1) is 0 Å². The summed E-state index contributed by atoms with van der Waals surface area (Å²) in [5.74, 6) is 1.07. The van der Waals surface area contributed by atoms with Crippen molar-refractivity contribution in [2.75, 3.05) is 26.0 Å². The van der Waals surface area contributed by atoms with Crippen LogP contribution in [0.15, 0.2) is 57.8 Å². The third kappa shape index (κ3) is 5.82. The van der Waals surface area contributed by atoms with Gasteiger partial charge in [0.25, 0.3) is 10.0 Å². The quantitative estimate of drug-likeness (QED) is 0.760. The van der Waals surface area contributed by atoms with Crippen molar-refractivity contribution >= 4 is 27.5 Å². The average molecular weight is 430 g/mol. The predicted molar refractivity (Wildman–Crippen MR) is 117 cm³/mol. The number of carbonyl (C=O) groups excluding carboxylic acids is 1.